The molecule has 0 bridgehead atoms. The summed E-state index contributed by atoms with van der Waals surface area (Å²) in [7, 11) is 2.20. The molecular formula is C22H25N. The fourth-order valence-corrected chi connectivity index (χ4v) is 3.47. The van der Waals surface area contributed by atoms with Gasteiger partial charge in [-0.2, -0.15) is 0 Å². The first kappa shape index (κ1) is 15.6. The van der Waals surface area contributed by atoms with Gasteiger partial charge in [0, 0.05) is 18.3 Å². The van der Waals surface area contributed by atoms with Crippen molar-refractivity contribution in [1.82, 2.24) is 0 Å². The van der Waals surface area contributed by atoms with Crippen molar-refractivity contribution in [2.45, 2.75) is 33.6 Å². The number of anilines is 1. The van der Waals surface area contributed by atoms with Crippen LogP contribution in [0.3, 0.4) is 0 Å². The van der Waals surface area contributed by atoms with E-state index in [0.717, 1.165) is 12.8 Å². The quantitative estimate of drug-likeness (QED) is 0.668. The first-order valence-corrected chi connectivity index (χ1v) is 8.37. The minimum Gasteiger partial charge on any atom is -0.347 e. The van der Waals surface area contributed by atoms with Crippen molar-refractivity contribution in [3.63, 3.8) is 0 Å². The van der Waals surface area contributed by atoms with Gasteiger partial charge in [0.15, 0.2) is 0 Å². The molecule has 0 radical (unpaired) electrons. The lowest BCUT2D eigenvalue weighted by atomic mass is 9.96. The number of fused-ring (bicyclic) bond motifs is 1. The standard InChI is InChI=1S/C22H25N/c1-5-8-18-13-14-19-10-7-12-21(22(19)23(4)17(18)3)20-11-6-9-16(2)15-20/h5-12,15H,13-14H2,1-4H3. The number of hydrogen-bond donors (Lipinski definition) is 0. The average molecular weight is 303 g/mol. The van der Waals surface area contributed by atoms with Crippen molar-refractivity contribution in [3.8, 4) is 11.1 Å². The second-order valence-corrected chi connectivity index (χ2v) is 6.35. The number of hydrogen-bond acceptors (Lipinski definition) is 1. The third kappa shape index (κ3) is 2.96. The molecule has 2 aromatic carbocycles. The van der Waals surface area contributed by atoms with Gasteiger partial charge in [-0.15, -0.1) is 0 Å². The maximum atomic E-state index is 2.37. The van der Waals surface area contributed by atoms with Gasteiger partial charge >= 0.3 is 0 Å². The Labute approximate surface area is 140 Å². The Morgan fingerprint density at radius 2 is 1.78 bits per heavy atom. The number of benzene rings is 2. The van der Waals surface area contributed by atoms with Crippen LogP contribution >= 0.6 is 0 Å². The van der Waals surface area contributed by atoms with Crippen molar-refractivity contribution in [2.24, 2.45) is 0 Å². The van der Waals surface area contributed by atoms with Gasteiger partial charge in [0.25, 0.3) is 0 Å². The maximum Gasteiger partial charge on any atom is 0.0517 e. The van der Waals surface area contributed by atoms with E-state index in [2.05, 4.69) is 87.3 Å². The fraction of sp³-hybridized carbons (Fsp3) is 0.273. The molecule has 0 saturated carbocycles. The van der Waals surface area contributed by atoms with Crippen LogP contribution in [0.1, 0.15) is 31.4 Å². The zero-order valence-corrected chi connectivity index (χ0v) is 14.6. The van der Waals surface area contributed by atoms with Crippen LogP contribution in [0.5, 0.6) is 0 Å². The lowest BCUT2D eigenvalue weighted by Crippen LogP contribution is -2.16. The molecule has 0 unspecified atom stereocenters. The van der Waals surface area contributed by atoms with Crippen LogP contribution in [-0.2, 0) is 6.42 Å². The number of rotatable bonds is 2. The minimum atomic E-state index is 1.09. The molecule has 1 nitrogen and oxygen atoms in total. The smallest absolute Gasteiger partial charge is 0.0517 e. The predicted octanol–water partition coefficient (Wildman–Crippen LogP) is 5.89. The van der Waals surface area contributed by atoms with Crippen LogP contribution in [0.15, 0.2) is 65.9 Å². The molecule has 118 valence electrons. The molecule has 2 aromatic rings. The fourth-order valence-electron chi connectivity index (χ4n) is 3.47. The largest absolute Gasteiger partial charge is 0.347 e. The Balaban J connectivity index is 2.18. The average Bonchev–Trinajstić information content (AvgIpc) is 2.67. The van der Waals surface area contributed by atoms with Crippen LogP contribution < -0.4 is 4.90 Å². The zero-order valence-electron chi connectivity index (χ0n) is 14.6. The monoisotopic (exact) mass is 303 g/mol. The molecule has 3 rings (SSSR count). The third-order valence-corrected chi connectivity index (χ3v) is 4.78. The second kappa shape index (κ2) is 6.45. The van der Waals surface area contributed by atoms with Gasteiger partial charge in [0.2, 0.25) is 0 Å². The summed E-state index contributed by atoms with van der Waals surface area (Å²) in [6.45, 7) is 6.48. The van der Waals surface area contributed by atoms with Crippen LogP contribution in [0.2, 0.25) is 0 Å². The SMILES string of the molecule is CC=CC1=C(C)N(C)c2c(cccc2-c2cccc(C)c2)CC1. The normalized spacial score (nSPS) is 15.0. The van der Waals surface area contributed by atoms with Gasteiger partial charge in [-0.25, -0.2) is 0 Å². The topological polar surface area (TPSA) is 3.24 Å². The van der Waals surface area contributed by atoms with Crippen molar-refractivity contribution in [2.75, 3.05) is 11.9 Å². The van der Waals surface area contributed by atoms with Gasteiger partial charge < -0.3 is 4.90 Å². The van der Waals surface area contributed by atoms with Crippen molar-refractivity contribution < 1.29 is 0 Å². The Hall–Kier alpha value is -2.28. The summed E-state index contributed by atoms with van der Waals surface area (Å²) in [5.74, 6) is 0. The molecular weight excluding hydrogens is 278 g/mol. The number of allylic oxidation sites excluding steroid dienone is 4. The molecule has 1 heteroatoms. The third-order valence-electron chi connectivity index (χ3n) is 4.78. The molecule has 0 N–H and O–H groups in total. The summed E-state index contributed by atoms with van der Waals surface area (Å²) < 4.78 is 0. The highest BCUT2D eigenvalue weighted by Crippen LogP contribution is 2.39. The van der Waals surface area contributed by atoms with Gasteiger partial charge in [-0.1, -0.05) is 60.2 Å². The van der Waals surface area contributed by atoms with Crippen LogP contribution in [0.25, 0.3) is 11.1 Å². The molecule has 0 fully saturated rings. The first-order valence-electron chi connectivity index (χ1n) is 8.37. The van der Waals surface area contributed by atoms with E-state index in [9.17, 15) is 0 Å². The van der Waals surface area contributed by atoms with E-state index in [1.54, 1.807) is 0 Å². The number of aryl methyl sites for hydroxylation is 2. The van der Waals surface area contributed by atoms with Crippen LogP contribution in [0, 0.1) is 6.92 Å². The van der Waals surface area contributed by atoms with Gasteiger partial charge in [-0.05, 0) is 50.3 Å². The lowest BCUT2D eigenvalue weighted by molar-refractivity contribution is 0.967. The van der Waals surface area contributed by atoms with E-state index in [4.69, 9.17) is 0 Å². The highest BCUT2D eigenvalue weighted by molar-refractivity contribution is 5.83. The van der Waals surface area contributed by atoms with E-state index < -0.39 is 0 Å². The Morgan fingerprint density at radius 1 is 1.00 bits per heavy atom. The number of nitrogens with zero attached hydrogens (tertiary/aromatic N) is 1. The minimum absolute atomic E-state index is 1.09. The Kier molecular flexibility index (Phi) is 4.38. The Bertz CT molecular complexity index is 780. The van der Waals surface area contributed by atoms with Crippen molar-refractivity contribution in [3.05, 3.63) is 77.0 Å². The molecule has 0 spiro atoms. The van der Waals surface area contributed by atoms with Gasteiger partial charge in [0.05, 0.1) is 5.69 Å². The van der Waals surface area contributed by atoms with Crippen LogP contribution in [-0.4, -0.2) is 7.05 Å². The van der Waals surface area contributed by atoms with E-state index >= 15 is 0 Å². The zero-order chi connectivity index (χ0) is 16.4. The molecule has 0 amide bonds. The van der Waals surface area contributed by atoms with Crippen molar-refractivity contribution >= 4 is 5.69 Å². The molecule has 1 heterocycles. The summed E-state index contributed by atoms with van der Waals surface area (Å²) in [5.41, 5.74) is 9.51. The second-order valence-electron chi connectivity index (χ2n) is 6.35. The molecule has 0 saturated heterocycles. The maximum absolute atomic E-state index is 2.37. The molecule has 1 aliphatic heterocycles. The molecule has 0 atom stereocenters. The summed E-state index contributed by atoms with van der Waals surface area (Å²) in [5, 5.41) is 0. The highest BCUT2D eigenvalue weighted by atomic mass is 15.1. The lowest BCUT2D eigenvalue weighted by Gasteiger charge is -2.25. The van der Waals surface area contributed by atoms with E-state index in [-0.39, 0.29) is 0 Å². The molecule has 0 aliphatic carbocycles. The Morgan fingerprint density at radius 3 is 2.52 bits per heavy atom. The van der Waals surface area contributed by atoms with Gasteiger partial charge in [0.1, 0.15) is 0 Å². The van der Waals surface area contributed by atoms with Gasteiger partial charge in [-0.3, -0.25) is 0 Å². The molecule has 0 aromatic heterocycles. The summed E-state index contributed by atoms with van der Waals surface area (Å²) in [4.78, 5) is 2.37. The summed E-state index contributed by atoms with van der Waals surface area (Å²) in [6, 6.07) is 15.5. The van der Waals surface area contributed by atoms with Crippen molar-refractivity contribution in [1.29, 1.82) is 0 Å². The molecule has 1 aliphatic rings. The molecule has 23 heavy (non-hydrogen) atoms. The van der Waals surface area contributed by atoms with E-state index in [1.807, 2.05) is 0 Å². The number of para-hydroxylation sites is 1. The highest BCUT2D eigenvalue weighted by Gasteiger charge is 2.20. The van der Waals surface area contributed by atoms with E-state index in [1.165, 1.54) is 39.2 Å². The summed E-state index contributed by atoms with van der Waals surface area (Å²) >= 11 is 0. The van der Waals surface area contributed by atoms with E-state index in [0.29, 0.717) is 0 Å². The summed E-state index contributed by atoms with van der Waals surface area (Å²) in [6.07, 6.45) is 6.59. The predicted molar refractivity (Wildman–Crippen MR) is 101 cm³/mol. The first-order chi connectivity index (χ1) is 11.1. The van der Waals surface area contributed by atoms with Crippen LogP contribution in [0.4, 0.5) is 5.69 Å².